The van der Waals surface area contributed by atoms with Crippen molar-refractivity contribution in [2.45, 2.75) is 0 Å². The van der Waals surface area contributed by atoms with E-state index in [0.717, 1.165) is 0 Å². The highest BCUT2D eigenvalue weighted by Gasteiger charge is 2.18. The number of aromatic nitrogens is 4. The first-order chi connectivity index (χ1) is 10.0. The van der Waals surface area contributed by atoms with Crippen molar-refractivity contribution in [2.24, 2.45) is 7.05 Å². The van der Waals surface area contributed by atoms with E-state index in [1.807, 2.05) is 0 Å². The van der Waals surface area contributed by atoms with Gasteiger partial charge in [0.2, 0.25) is 0 Å². The SMILES string of the molecule is C=C(c1cccc(Cl)c1Cl)c1n[nH]c2ncn(C)c(=O)c12. The molecule has 0 aliphatic carbocycles. The first-order valence-corrected chi connectivity index (χ1v) is 6.79. The number of benzene rings is 1. The molecule has 106 valence electrons. The van der Waals surface area contributed by atoms with Crippen LogP contribution in [-0.2, 0) is 7.05 Å². The van der Waals surface area contributed by atoms with Gasteiger partial charge in [0.1, 0.15) is 11.1 Å². The quantitative estimate of drug-likeness (QED) is 0.789. The minimum Gasteiger partial charge on any atom is -0.302 e. The number of hydrogen-bond donors (Lipinski definition) is 1. The molecule has 0 amide bonds. The van der Waals surface area contributed by atoms with Crippen LogP contribution in [0.2, 0.25) is 10.0 Å². The van der Waals surface area contributed by atoms with Crippen molar-refractivity contribution in [3.05, 3.63) is 62.8 Å². The van der Waals surface area contributed by atoms with Crippen LogP contribution >= 0.6 is 23.2 Å². The van der Waals surface area contributed by atoms with Gasteiger partial charge in [0.15, 0.2) is 5.65 Å². The molecule has 0 atom stereocenters. The average molecular weight is 321 g/mol. The zero-order chi connectivity index (χ0) is 15.1. The Morgan fingerprint density at radius 2 is 2.14 bits per heavy atom. The molecule has 7 heteroatoms. The molecule has 1 N–H and O–H groups in total. The summed E-state index contributed by atoms with van der Waals surface area (Å²) >= 11 is 12.2. The van der Waals surface area contributed by atoms with E-state index >= 15 is 0 Å². The van der Waals surface area contributed by atoms with E-state index in [2.05, 4.69) is 21.8 Å². The number of aryl methyl sites for hydroxylation is 1. The predicted octanol–water partition coefficient (Wildman–Crippen LogP) is 3.02. The van der Waals surface area contributed by atoms with Crippen LogP contribution < -0.4 is 5.56 Å². The molecule has 2 aromatic heterocycles. The predicted molar refractivity (Wildman–Crippen MR) is 83.7 cm³/mol. The Bertz CT molecular complexity index is 926. The Morgan fingerprint density at radius 3 is 2.90 bits per heavy atom. The second-order valence-corrected chi connectivity index (χ2v) is 5.32. The number of nitrogens with zero attached hydrogens (tertiary/aromatic N) is 3. The Morgan fingerprint density at radius 1 is 1.38 bits per heavy atom. The molecule has 3 aromatic rings. The van der Waals surface area contributed by atoms with Gasteiger partial charge in [-0.05, 0) is 6.07 Å². The summed E-state index contributed by atoms with van der Waals surface area (Å²) in [6, 6.07) is 5.22. The molecule has 0 bridgehead atoms. The van der Waals surface area contributed by atoms with Crippen molar-refractivity contribution in [2.75, 3.05) is 0 Å². The van der Waals surface area contributed by atoms with E-state index in [4.69, 9.17) is 23.2 Å². The number of H-pyrrole nitrogens is 1. The number of fused-ring (bicyclic) bond motifs is 1. The Hall–Kier alpha value is -2.11. The molecule has 0 unspecified atom stereocenters. The lowest BCUT2D eigenvalue weighted by Crippen LogP contribution is -2.17. The van der Waals surface area contributed by atoms with Crippen molar-refractivity contribution in [3.63, 3.8) is 0 Å². The molecule has 0 aliphatic heterocycles. The van der Waals surface area contributed by atoms with Gasteiger partial charge in [-0.1, -0.05) is 41.9 Å². The summed E-state index contributed by atoms with van der Waals surface area (Å²) in [7, 11) is 1.63. The van der Waals surface area contributed by atoms with Crippen molar-refractivity contribution in [1.82, 2.24) is 19.7 Å². The van der Waals surface area contributed by atoms with Crippen molar-refractivity contribution >= 4 is 39.8 Å². The highest BCUT2D eigenvalue weighted by Crippen LogP contribution is 2.33. The Kier molecular flexibility index (Phi) is 3.31. The van der Waals surface area contributed by atoms with Crippen LogP contribution in [0.3, 0.4) is 0 Å². The van der Waals surface area contributed by atoms with Gasteiger partial charge in [0.05, 0.1) is 16.4 Å². The maximum absolute atomic E-state index is 12.3. The summed E-state index contributed by atoms with van der Waals surface area (Å²) in [5, 5.41) is 8.04. The highest BCUT2D eigenvalue weighted by molar-refractivity contribution is 6.43. The molecule has 0 spiro atoms. The van der Waals surface area contributed by atoms with E-state index in [9.17, 15) is 4.79 Å². The lowest BCUT2D eigenvalue weighted by Gasteiger charge is -2.07. The fraction of sp³-hybridized carbons (Fsp3) is 0.0714. The first-order valence-electron chi connectivity index (χ1n) is 6.04. The third kappa shape index (κ3) is 2.14. The van der Waals surface area contributed by atoms with E-state index in [-0.39, 0.29) is 5.56 Å². The monoisotopic (exact) mass is 320 g/mol. The lowest BCUT2D eigenvalue weighted by atomic mass is 10.0. The second kappa shape index (κ2) is 5.02. The van der Waals surface area contributed by atoms with Gasteiger partial charge in [0.25, 0.3) is 5.56 Å². The molecule has 21 heavy (non-hydrogen) atoms. The Labute approximate surface area is 129 Å². The van der Waals surface area contributed by atoms with Crippen molar-refractivity contribution in [3.8, 4) is 0 Å². The summed E-state index contributed by atoms with van der Waals surface area (Å²) in [5.41, 5.74) is 1.76. The van der Waals surface area contributed by atoms with Crippen molar-refractivity contribution in [1.29, 1.82) is 0 Å². The number of halogens is 2. The van der Waals surface area contributed by atoms with Crippen LogP contribution in [0.15, 0.2) is 35.9 Å². The molecule has 5 nitrogen and oxygen atoms in total. The smallest absolute Gasteiger partial charge is 0.264 e. The van der Waals surface area contributed by atoms with E-state index in [1.165, 1.54) is 10.9 Å². The third-order valence-corrected chi connectivity index (χ3v) is 4.02. The molecule has 1 aromatic carbocycles. The highest BCUT2D eigenvalue weighted by atomic mass is 35.5. The van der Waals surface area contributed by atoms with Gasteiger partial charge in [-0.25, -0.2) is 4.98 Å². The fourth-order valence-corrected chi connectivity index (χ4v) is 2.50. The standard InChI is InChI=1S/C14H10Cl2N4O/c1-7(8-4-3-5-9(15)11(8)16)12-10-13(19-18-12)17-6-20(2)14(10)21/h3-6H,1H2,2H3,(H,18,19). The van der Waals surface area contributed by atoms with Crippen LogP contribution in [0, 0.1) is 0 Å². The first kappa shape index (κ1) is 13.9. The molecular formula is C14H10Cl2N4O. The van der Waals surface area contributed by atoms with Gasteiger partial charge < -0.3 is 4.57 Å². The third-order valence-electron chi connectivity index (χ3n) is 3.20. The second-order valence-electron chi connectivity index (χ2n) is 4.54. The van der Waals surface area contributed by atoms with Crippen LogP contribution in [0.1, 0.15) is 11.3 Å². The van der Waals surface area contributed by atoms with Gasteiger partial charge in [-0.15, -0.1) is 0 Å². The van der Waals surface area contributed by atoms with Crippen molar-refractivity contribution < 1.29 is 0 Å². The van der Waals surface area contributed by atoms with Crippen LogP contribution in [-0.4, -0.2) is 19.7 Å². The summed E-state index contributed by atoms with van der Waals surface area (Å²) in [6.07, 6.45) is 1.43. The topological polar surface area (TPSA) is 63.6 Å². The molecule has 0 saturated heterocycles. The number of aromatic amines is 1. The molecule has 0 fully saturated rings. The minimum absolute atomic E-state index is 0.206. The molecule has 0 aliphatic rings. The molecule has 0 radical (unpaired) electrons. The average Bonchev–Trinajstić information content (AvgIpc) is 2.90. The minimum atomic E-state index is -0.206. The molecule has 2 heterocycles. The number of hydrogen-bond acceptors (Lipinski definition) is 3. The number of rotatable bonds is 2. The zero-order valence-electron chi connectivity index (χ0n) is 11.0. The number of nitrogens with one attached hydrogen (secondary N) is 1. The van der Waals surface area contributed by atoms with Gasteiger partial charge in [-0.3, -0.25) is 9.89 Å². The normalized spacial score (nSPS) is 11.0. The largest absolute Gasteiger partial charge is 0.302 e. The molecular weight excluding hydrogens is 311 g/mol. The molecule has 0 saturated carbocycles. The van der Waals surface area contributed by atoms with E-state index in [1.54, 1.807) is 25.2 Å². The van der Waals surface area contributed by atoms with Crippen LogP contribution in [0.25, 0.3) is 16.6 Å². The maximum atomic E-state index is 12.3. The van der Waals surface area contributed by atoms with Crippen LogP contribution in [0.4, 0.5) is 0 Å². The molecule has 3 rings (SSSR count). The van der Waals surface area contributed by atoms with Crippen LogP contribution in [0.5, 0.6) is 0 Å². The summed E-state index contributed by atoms with van der Waals surface area (Å²) in [4.78, 5) is 16.4. The summed E-state index contributed by atoms with van der Waals surface area (Å²) < 4.78 is 1.38. The van der Waals surface area contributed by atoms with Gasteiger partial charge in [-0.2, -0.15) is 5.10 Å². The lowest BCUT2D eigenvalue weighted by molar-refractivity contribution is 0.841. The van der Waals surface area contributed by atoms with Gasteiger partial charge >= 0.3 is 0 Å². The zero-order valence-corrected chi connectivity index (χ0v) is 12.5. The van der Waals surface area contributed by atoms with Gasteiger partial charge in [0, 0.05) is 18.2 Å². The van der Waals surface area contributed by atoms with E-state index in [0.29, 0.717) is 37.9 Å². The summed E-state index contributed by atoms with van der Waals surface area (Å²) in [6.45, 7) is 3.99. The summed E-state index contributed by atoms with van der Waals surface area (Å²) in [5.74, 6) is 0. The Balaban J connectivity index is 2.26. The maximum Gasteiger partial charge on any atom is 0.264 e. The fourth-order valence-electron chi connectivity index (χ4n) is 2.08. The van der Waals surface area contributed by atoms with E-state index < -0.39 is 0 Å².